The molecule has 0 radical (unpaired) electrons. The average molecular weight is 237 g/mol. The van der Waals surface area contributed by atoms with Crippen molar-refractivity contribution in [2.45, 2.75) is 19.9 Å². The lowest BCUT2D eigenvalue weighted by Gasteiger charge is -2.12. The molecule has 5 nitrogen and oxygen atoms in total. The molecular weight excluding hydrogens is 222 g/mol. The molecule has 1 amide bonds. The summed E-state index contributed by atoms with van der Waals surface area (Å²) in [6.07, 6.45) is 0. The highest BCUT2D eigenvalue weighted by Crippen LogP contribution is 2.10. The Kier molecular flexibility index (Phi) is 4.51. The highest BCUT2D eigenvalue weighted by molar-refractivity contribution is 5.96. The molecule has 1 rings (SSSR count). The molecule has 2 N–H and O–H groups in total. The number of phenols is 1. The number of rotatable bonds is 4. The lowest BCUT2D eigenvalue weighted by atomic mass is 10.2. The van der Waals surface area contributed by atoms with Crippen LogP contribution in [-0.2, 0) is 9.53 Å². The second-order valence-corrected chi connectivity index (χ2v) is 3.50. The summed E-state index contributed by atoms with van der Waals surface area (Å²) in [6.45, 7) is 3.51. The van der Waals surface area contributed by atoms with Crippen molar-refractivity contribution in [1.29, 1.82) is 0 Å². The average Bonchev–Trinajstić information content (AvgIpc) is 2.29. The van der Waals surface area contributed by atoms with Crippen molar-refractivity contribution in [3.8, 4) is 5.75 Å². The van der Waals surface area contributed by atoms with Crippen molar-refractivity contribution < 1.29 is 19.4 Å². The predicted octanol–water partition coefficient (Wildman–Crippen LogP) is 1.07. The van der Waals surface area contributed by atoms with E-state index in [4.69, 9.17) is 4.74 Å². The molecule has 0 aliphatic rings. The van der Waals surface area contributed by atoms with Gasteiger partial charge in [-0.3, -0.25) is 4.79 Å². The number of aromatic hydroxyl groups is 1. The van der Waals surface area contributed by atoms with E-state index in [0.29, 0.717) is 5.56 Å². The van der Waals surface area contributed by atoms with Gasteiger partial charge in [-0.05, 0) is 32.0 Å². The fourth-order valence-electron chi connectivity index (χ4n) is 1.25. The topological polar surface area (TPSA) is 75.6 Å². The zero-order chi connectivity index (χ0) is 12.8. The van der Waals surface area contributed by atoms with Crippen molar-refractivity contribution >= 4 is 11.9 Å². The number of amides is 1. The molecule has 0 spiro atoms. The maximum Gasteiger partial charge on any atom is 0.328 e. The van der Waals surface area contributed by atoms with Crippen LogP contribution in [0.1, 0.15) is 24.2 Å². The molecule has 1 aromatic rings. The van der Waals surface area contributed by atoms with Crippen LogP contribution in [-0.4, -0.2) is 29.6 Å². The first kappa shape index (κ1) is 13.0. The Bertz CT molecular complexity index is 417. The van der Waals surface area contributed by atoms with E-state index in [0.717, 1.165) is 0 Å². The second-order valence-electron chi connectivity index (χ2n) is 3.50. The molecule has 1 unspecified atom stereocenters. The van der Waals surface area contributed by atoms with Crippen molar-refractivity contribution in [2.24, 2.45) is 0 Å². The third kappa shape index (κ3) is 3.79. The van der Waals surface area contributed by atoms with Crippen LogP contribution in [0.3, 0.4) is 0 Å². The summed E-state index contributed by atoms with van der Waals surface area (Å²) in [5, 5.41) is 11.7. The van der Waals surface area contributed by atoms with E-state index in [9.17, 15) is 14.7 Å². The van der Waals surface area contributed by atoms with Crippen LogP contribution in [0.15, 0.2) is 24.3 Å². The molecule has 92 valence electrons. The number of carbonyl (C=O) groups excluding carboxylic acids is 2. The van der Waals surface area contributed by atoms with Gasteiger partial charge in [-0.25, -0.2) is 4.79 Å². The Hall–Kier alpha value is -2.04. The monoisotopic (exact) mass is 237 g/mol. The third-order valence-electron chi connectivity index (χ3n) is 2.10. The minimum Gasteiger partial charge on any atom is -0.508 e. The summed E-state index contributed by atoms with van der Waals surface area (Å²) in [6, 6.07) is 5.18. The number of ether oxygens (including phenoxy) is 1. The molecule has 0 saturated heterocycles. The smallest absolute Gasteiger partial charge is 0.328 e. The summed E-state index contributed by atoms with van der Waals surface area (Å²) in [4.78, 5) is 23.0. The molecule has 0 aliphatic carbocycles. The maximum atomic E-state index is 11.7. The minimum absolute atomic E-state index is 0.00133. The third-order valence-corrected chi connectivity index (χ3v) is 2.10. The SMILES string of the molecule is CCOC(=O)C(C)NC(=O)c1cccc(O)c1. The normalized spacial score (nSPS) is 11.6. The molecule has 0 saturated carbocycles. The number of carbonyl (C=O) groups is 2. The molecule has 1 aromatic carbocycles. The van der Waals surface area contributed by atoms with Gasteiger partial charge in [0.05, 0.1) is 6.61 Å². The number of benzene rings is 1. The van der Waals surface area contributed by atoms with Gasteiger partial charge in [-0.1, -0.05) is 6.07 Å². The number of hydrogen-bond acceptors (Lipinski definition) is 4. The van der Waals surface area contributed by atoms with E-state index in [1.165, 1.54) is 12.1 Å². The first-order valence-electron chi connectivity index (χ1n) is 5.31. The molecule has 0 aliphatic heterocycles. The molecule has 5 heteroatoms. The van der Waals surface area contributed by atoms with Crippen LogP contribution in [0.25, 0.3) is 0 Å². The van der Waals surface area contributed by atoms with Gasteiger partial charge in [-0.15, -0.1) is 0 Å². The first-order chi connectivity index (χ1) is 8.04. The summed E-state index contributed by atoms with van der Waals surface area (Å²) < 4.78 is 4.76. The van der Waals surface area contributed by atoms with E-state index in [2.05, 4.69) is 5.32 Å². The fraction of sp³-hybridized carbons (Fsp3) is 0.333. The Balaban J connectivity index is 2.63. The Labute approximate surface area is 99.4 Å². The van der Waals surface area contributed by atoms with E-state index < -0.39 is 17.9 Å². The number of esters is 1. The number of phenolic OH excluding ortho intramolecular Hbond substituents is 1. The molecule has 0 bridgehead atoms. The van der Waals surface area contributed by atoms with Gasteiger partial charge in [0.2, 0.25) is 0 Å². The lowest BCUT2D eigenvalue weighted by molar-refractivity contribution is -0.144. The van der Waals surface area contributed by atoms with Crippen molar-refractivity contribution in [1.82, 2.24) is 5.32 Å². The van der Waals surface area contributed by atoms with Crippen LogP contribution in [0.2, 0.25) is 0 Å². The Morgan fingerprint density at radius 3 is 2.76 bits per heavy atom. The van der Waals surface area contributed by atoms with Crippen LogP contribution in [0.4, 0.5) is 0 Å². The molecule has 0 aromatic heterocycles. The van der Waals surface area contributed by atoms with E-state index in [-0.39, 0.29) is 12.4 Å². The predicted molar refractivity (Wildman–Crippen MR) is 61.7 cm³/mol. The van der Waals surface area contributed by atoms with Gasteiger partial charge >= 0.3 is 5.97 Å². The van der Waals surface area contributed by atoms with Crippen LogP contribution < -0.4 is 5.32 Å². The van der Waals surface area contributed by atoms with Crippen LogP contribution in [0.5, 0.6) is 5.75 Å². The van der Waals surface area contributed by atoms with Gasteiger partial charge in [0.1, 0.15) is 11.8 Å². The highest BCUT2D eigenvalue weighted by atomic mass is 16.5. The summed E-state index contributed by atoms with van der Waals surface area (Å²) in [5.74, 6) is -0.913. The standard InChI is InChI=1S/C12H15NO4/c1-3-17-12(16)8(2)13-11(15)9-5-4-6-10(14)7-9/h4-8,14H,3H2,1-2H3,(H,13,15). The number of hydrogen-bond donors (Lipinski definition) is 2. The minimum atomic E-state index is -0.718. The molecule has 0 heterocycles. The molecule has 17 heavy (non-hydrogen) atoms. The van der Waals surface area contributed by atoms with Crippen LogP contribution in [0, 0.1) is 0 Å². The molecule has 1 atom stereocenters. The summed E-state index contributed by atoms with van der Waals surface area (Å²) in [7, 11) is 0. The van der Waals surface area contributed by atoms with Crippen molar-refractivity contribution in [2.75, 3.05) is 6.61 Å². The second kappa shape index (κ2) is 5.89. The Morgan fingerprint density at radius 2 is 2.18 bits per heavy atom. The Morgan fingerprint density at radius 1 is 1.47 bits per heavy atom. The summed E-state index contributed by atoms with van der Waals surface area (Å²) in [5.41, 5.74) is 0.293. The quantitative estimate of drug-likeness (QED) is 0.768. The van der Waals surface area contributed by atoms with Gasteiger partial charge in [0.15, 0.2) is 0 Å². The van der Waals surface area contributed by atoms with E-state index in [1.807, 2.05) is 0 Å². The fourth-order valence-corrected chi connectivity index (χ4v) is 1.25. The van der Waals surface area contributed by atoms with Crippen molar-refractivity contribution in [3.63, 3.8) is 0 Å². The lowest BCUT2D eigenvalue weighted by Crippen LogP contribution is -2.39. The van der Waals surface area contributed by atoms with Gasteiger partial charge < -0.3 is 15.2 Å². The molecular formula is C12H15NO4. The van der Waals surface area contributed by atoms with Gasteiger partial charge in [-0.2, -0.15) is 0 Å². The molecule has 0 fully saturated rings. The number of nitrogens with one attached hydrogen (secondary N) is 1. The van der Waals surface area contributed by atoms with E-state index in [1.54, 1.807) is 26.0 Å². The maximum absolute atomic E-state index is 11.7. The zero-order valence-corrected chi connectivity index (χ0v) is 9.77. The highest BCUT2D eigenvalue weighted by Gasteiger charge is 2.17. The summed E-state index contributed by atoms with van der Waals surface area (Å²) >= 11 is 0. The van der Waals surface area contributed by atoms with Crippen LogP contribution >= 0.6 is 0 Å². The largest absolute Gasteiger partial charge is 0.508 e. The van der Waals surface area contributed by atoms with E-state index >= 15 is 0 Å². The van der Waals surface area contributed by atoms with Gasteiger partial charge in [0.25, 0.3) is 5.91 Å². The zero-order valence-electron chi connectivity index (χ0n) is 9.77. The van der Waals surface area contributed by atoms with Gasteiger partial charge in [0, 0.05) is 5.56 Å². The first-order valence-corrected chi connectivity index (χ1v) is 5.31. The van der Waals surface area contributed by atoms with Crippen molar-refractivity contribution in [3.05, 3.63) is 29.8 Å².